The van der Waals surface area contributed by atoms with E-state index in [0.717, 1.165) is 19.4 Å². The minimum absolute atomic E-state index is 0.388. The second kappa shape index (κ2) is 2.27. The molecule has 0 amide bonds. The van der Waals surface area contributed by atoms with Crippen molar-refractivity contribution in [3.63, 3.8) is 0 Å². The fraction of sp³-hybridized carbons (Fsp3) is 0.857. The second-order valence-corrected chi connectivity index (χ2v) is 2.63. The Bertz CT molecular complexity index is 91.1. The van der Waals surface area contributed by atoms with Gasteiger partial charge in [-0.05, 0) is 12.8 Å². The predicted octanol–water partition coefficient (Wildman–Crippen LogP) is 1.12. The Hall–Kier alpha value is -0.0800. The van der Waals surface area contributed by atoms with Gasteiger partial charge in [-0.25, -0.2) is 0 Å². The fourth-order valence-electron chi connectivity index (χ4n) is 1.46. The first-order chi connectivity index (χ1) is 4.47. The summed E-state index contributed by atoms with van der Waals surface area (Å²) in [4.78, 5) is 0. The quantitative estimate of drug-likeness (QED) is 0.485. The minimum atomic E-state index is 0.388. The molecule has 2 aliphatic heterocycles. The summed E-state index contributed by atoms with van der Waals surface area (Å²) in [7, 11) is 0. The Morgan fingerprint density at radius 1 is 1.33 bits per heavy atom. The average molecular weight is 127 g/mol. The van der Waals surface area contributed by atoms with Gasteiger partial charge in [0.15, 0.2) is 0 Å². The molecule has 2 nitrogen and oxygen atoms in total. The molecule has 0 aromatic heterocycles. The molecule has 0 spiro atoms. The molecule has 9 heavy (non-hydrogen) atoms. The summed E-state index contributed by atoms with van der Waals surface area (Å²) >= 11 is 0. The SMILES string of the molecule is [CH]1CC2OCCCC2O1. The molecule has 0 aromatic carbocycles. The first kappa shape index (κ1) is 5.69. The van der Waals surface area contributed by atoms with Crippen LogP contribution in [0.5, 0.6) is 0 Å². The Morgan fingerprint density at radius 3 is 3.22 bits per heavy atom. The minimum Gasteiger partial charge on any atom is -0.375 e. The summed E-state index contributed by atoms with van der Waals surface area (Å²) < 4.78 is 10.8. The second-order valence-electron chi connectivity index (χ2n) is 2.63. The highest BCUT2D eigenvalue weighted by Crippen LogP contribution is 2.27. The predicted molar refractivity (Wildman–Crippen MR) is 32.8 cm³/mol. The maximum absolute atomic E-state index is 5.45. The third kappa shape index (κ3) is 0.970. The highest BCUT2D eigenvalue weighted by molar-refractivity contribution is 4.84. The summed E-state index contributed by atoms with van der Waals surface area (Å²) in [5.41, 5.74) is 0. The maximum Gasteiger partial charge on any atom is 0.0868 e. The topological polar surface area (TPSA) is 18.5 Å². The Balaban J connectivity index is 1.97. The van der Waals surface area contributed by atoms with E-state index < -0.39 is 0 Å². The van der Waals surface area contributed by atoms with Gasteiger partial charge in [0.2, 0.25) is 0 Å². The lowest BCUT2D eigenvalue weighted by atomic mass is 10.1. The summed E-state index contributed by atoms with van der Waals surface area (Å²) in [5.74, 6) is 0. The van der Waals surface area contributed by atoms with E-state index in [1.165, 1.54) is 6.42 Å². The van der Waals surface area contributed by atoms with Gasteiger partial charge in [-0.15, -0.1) is 0 Å². The number of hydrogen-bond donors (Lipinski definition) is 0. The van der Waals surface area contributed by atoms with Crippen molar-refractivity contribution in [1.82, 2.24) is 0 Å². The Morgan fingerprint density at radius 2 is 2.33 bits per heavy atom. The monoisotopic (exact) mass is 127 g/mol. The molecule has 0 saturated carbocycles. The molecular weight excluding hydrogens is 116 g/mol. The van der Waals surface area contributed by atoms with E-state index in [9.17, 15) is 0 Å². The van der Waals surface area contributed by atoms with Gasteiger partial charge in [0.05, 0.1) is 18.8 Å². The Kier molecular flexibility index (Phi) is 1.44. The molecule has 2 atom stereocenters. The van der Waals surface area contributed by atoms with Crippen LogP contribution in [0, 0.1) is 6.61 Å². The van der Waals surface area contributed by atoms with Crippen molar-refractivity contribution >= 4 is 0 Å². The molecular formula is C7H11O2. The first-order valence-electron chi connectivity index (χ1n) is 3.55. The van der Waals surface area contributed by atoms with Crippen LogP contribution < -0.4 is 0 Å². The van der Waals surface area contributed by atoms with Gasteiger partial charge in [-0.3, -0.25) is 0 Å². The molecule has 2 rings (SSSR count). The molecule has 0 bridgehead atoms. The molecule has 0 N–H and O–H groups in total. The van der Waals surface area contributed by atoms with Crippen molar-refractivity contribution in [3.05, 3.63) is 6.61 Å². The molecule has 2 unspecified atom stereocenters. The van der Waals surface area contributed by atoms with Crippen LogP contribution in [-0.4, -0.2) is 18.8 Å². The Labute approximate surface area is 55.1 Å². The van der Waals surface area contributed by atoms with Crippen molar-refractivity contribution in [1.29, 1.82) is 0 Å². The van der Waals surface area contributed by atoms with Crippen molar-refractivity contribution < 1.29 is 9.47 Å². The van der Waals surface area contributed by atoms with E-state index in [1.807, 2.05) is 6.61 Å². The number of rotatable bonds is 0. The number of hydrogen-bond acceptors (Lipinski definition) is 2. The normalized spacial score (nSPS) is 42.7. The zero-order valence-electron chi connectivity index (χ0n) is 5.38. The smallest absolute Gasteiger partial charge is 0.0868 e. The zero-order chi connectivity index (χ0) is 6.10. The van der Waals surface area contributed by atoms with Gasteiger partial charge < -0.3 is 9.47 Å². The molecule has 2 fully saturated rings. The highest BCUT2D eigenvalue weighted by atomic mass is 16.6. The number of ether oxygens (including phenoxy) is 2. The molecule has 51 valence electrons. The highest BCUT2D eigenvalue weighted by Gasteiger charge is 2.31. The molecule has 2 aliphatic rings. The third-order valence-electron chi connectivity index (χ3n) is 1.98. The standard InChI is InChI=1S/C7H11O2/c1-2-6-7(8-4-1)3-5-9-6/h5-7H,1-4H2. The van der Waals surface area contributed by atoms with Crippen LogP contribution in [0.2, 0.25) is 0 Å². The van der Waals surface area contributed by atoms with Crippen LogP contribution in [0.4, 0.5) is 0 Å². The van der Waals surface area contributed by atoms with Crippen molar-refractivity contribution in [2.24, 2.45) is 0 Å². The van der Waals surface area contributed by atoms with Gasteiger partial charge in [0, 0.05) is 13.0 Å². The van der Waals surface area contributed by atoms with E-state index in [-0.39, 0.29) is 0 Å². The first-order valence-corrected chi connectivity index (χ1v) is 3.55. The van der Waals surface area contributed by atoms with Gasteiger partial charge in [0.1, 0.15) is 0 Å². The molecule has 0 aromatic rings. The lowest BCUT2D eigenvalue weighted by molar-refractivity contribution is -0.0420. The molecule has 2 saturated heterocycles. The van der Waals surface area contributed by atoms with Crippen molar-refractivity contribution in [2.45, 2.75) is 31.5 Å². The summed E-state index contributed by atoms with van der Waals surface area (Å²) in [6.07, 6.45) is 4.11. The van der Waals surface area contributed by atoms with E-state index in [1.54, 1.807) is 0 Å². The molecule has 2 heteroatoms. The number of fused-ring (bicyclic) bond motifs is 1. The largest absolute Gasteiger partial charge is 0.375 e. The van der Waals surface area contributed by atoms with Crippen LogP contribution in [0.25, 0.3) is 0 Å². The summed E-state index contributed by atoms with van der Waals surface area (Å²) in [5, 5.41) is 0. The summed E-state index contributed by atoms with van der Waals surface area (Å²) in [6.45, 7) is 2.80. The molecule has 2 heterocycles. The van der Waals surface area contributed by atoms with Crippen LogP contribution in [-0.2, 0) is 9.47 Å². The van der Waals surface area contributed by atoms with Crippen LogP contribution in [0.15, 0.2) is 0 Å². The van der Waals surface area contributed by atoms with E-state index >= 15 is 0 Å². The fourth-order valence-corrected chi connectivity index (χ4v) is 1.46. The van der Waals surface area contributed by atoms with Crippen molar-refractivity contribution in [3.8, 4) is 0 Å². The van der Waals surface area contributed by atoms with Gasteiger partial charge in [-0.1, -0.05) is 0 Å². The van der Waals surface area contributed by atoms with Gasteiger partial charge in [-0.2, -0.15) is 0 Å². The molecule has 1 radical (unpaired) electrons. The zero-order valence-corrected chi connectivity index (χ0v) is 5.38. The lowest BCUT2D eigenvalue weighted by Gasteiger charge is -2.23. The molecule has 0 aliphatic carbocycles. The third-order valence-corrected chi connectivity index (χ3v) is 1.98. The van der Waals surface area contributed by atoms with Crippen LogP contribution in [0.1, 0.15) is 19.3 Å². The summed E-state index contributed by atoms with van der Waals surface area (Å²) in [6, 6.07) is 0. The lowest BCUT2D eigenvalue weighted by Crippen LogP contribution is -2.29. The van der Waals surface area contributed by atoms with Crippen molar-refractivity contribution in [2.75, 3.05) is 6.61 Å². The van der Waals surface area contributed by atoms with E-state index in [2.05, 4.69) is 0 Å². The van der Waals surface area contributed by atoms with E-state index in [0.29, 0.717) is 12.2 Å². The van der Waals surface area contributed by atoms with Gasteiger partial charge in [0.25, 0.3) is 0 Å². The van der Waals surface area contributed by atoms with Crippen LogP contribution >= 0.6 is 0 Å². The van der Waals surface area contributed by atoms with E-state index in [4.69, 9.17) is 9.47 Å². The maximum atomic E-state index is 5.45. The average Bonchev–Trinajstić information content (AvgIpc) is 2.33. The van der Waals surface area contributed by atoms with Gasteiger partial charge >= 0.3 is 0 Å². The van der Waals surface area contributed by atoms with Crippen LogP contribution in [0.3, 0.4) is 0 Å².